The van der Waals surface area contributed by atoms with Crippen molar-refractivity contribution in [2.45, 2.75) is 39.3 Å². The summed E-state index contributed by atoms with van der Waals surface area (Å²) in [4.78, 5) is 26.5. The largest absolute Gasteiger partial charge is 0.444 e. The number of para-hydroxylation sites is 1. The summed E-state index contributed by atoms with van der Waals surface area (Å²) in [6.45, 7) is 6.18. The molecule has 0 fully saturated rings. The Morgan fingerprint density at radius 1 is 1.26 bits per heavy atom. The van der Waals surface area contributed by atoms with Gasteiger partial charge in [-0.2, -0.15) is 5.10 Å². The highest BCUT2D eigenvalue weighted by Gasteiger charge is 2.31. The molecule has 0 unspecified atom stereocenters. The molecule has 3 rings (SSSR count). The quantitative estimate of drug-likeness (QED) is 0.876. The van der Waals surface area contributed by atoms with Gasteiger partial charge in [0.1, 0.15) is 11.4 Å². The number of rotatable bonds is 2. The molecule has 0 spiro atoms. The lowest BCUT2D eigenvalue weighted by molar-refractivity contribution is 0.0219. The van der Waals surface area contributed by atoms with Crippen LogP contribution >= 0.6 is 0 Å². The second kappa shape index (κ2) is 7.02. The highest BCUT2D eigenvalue weighted by Crippen LogP contribution is 2.24. The number of fused-ring (bicyclic) bond motifs is 1. The van der Waals surface area contributed by atoms with Crippen molar-refractivity contribution in [2.75, 3.05) is 11.9 Å². The van der Waals surface area contributed by atoms with E-state index in [-0.39, 0.29) is 11.4 Å². The zero-order chi connectivity index (χ0) is 19.8. The van der Waals surface area contributed by atoms with Crippen LogP contribution in [0.4, 0.5) is 14.9 Å². The average Bonchev–Trinajstić information content (AvgIpc) is 2.92. The molecule has 0 radical (unpaired) electrons. The van der Waals surface area contributed by atoms with Crippen LogP contribution in [0.1, 0.15) is 42.5 Å². The number of ether oxygens (including phenoxy) is 1. The number of aromatic nitrogens is 2. The second-order valence-corrected chi connectivity index (χ2v) is 7.48. The van der Waals surface area contributed by atoms with E-state index in [4.69, 9.17) is 4.74 Å². The standard InChI is InChI=1S/C19H23FN4O3/c1-19(2,3)27-18(26)24-10-9-12-15(11-24)23(4)22-16(12)17(25)21-14-8-6-5-7-13(14)20/h5-8H,9-11H2,1-4H3,(H,21,25). The van der Waals surface area contributed by atoms with Crippen LogP contribution in [0.25, 0.3) is 0 Å². The number of halogens is 1. The van der Waals surface area contributed by atoms with Gasteiger partial charge in [-0.15, -0.1) is 0 Å². The van der Waals surface area contributed by atoms with E-state index in [1.807, 2.05) is 20.8 Å². The van der Waals surface area contributed by atoms with Crippen LogP contribution in [0.5, 0.6) is 0 Å². The van der Waals surface area contributed by atoms with E-state index in [1.165, 1.54) is 12.1 Å². The Balaban J connectivity index is 1.79. The number of hydrogen-bond acceptors (Lipinski definition) is 4. The van der Waals surface area contributed by atoms with E-state index in [9.17, 15) is 14.0 Å². The first-order valence-corrected chi connectivity index (χ1v) is 8.74. The second-order valence-electron chi connectivity index (χ2n) is 7.48. The maximum absolute atomic E-state index is 13.8. The maximum Gasteiger partial charge on any atom is 0.410 e. The number of anilines is 1. The number of nitrogens with zero attached hydrogens (tertiary/aromatic N) is 3. The minimum absolute atomic E-state index is 0.105. The number of amides is 2. The Morgan fingerprint density at radius 3 is 2.63 bits per heavy atom. The number of carbonyl (C=O) groups excluding carboxylic acids is 2. The molecular formula is C19H23FN4O3. The molecule has 27 heavy (non-hydrogen) atoms. The minimum atomic E-state index is -0.575. The third kappa shape index (κ3) is 4.10. The lowest BCUT2D eigenvalue weighted by Gasteiger charge is -2.30. The molecule has 0 aliphatic carbocycles. The summed E-state index contributed by atoms with van der Waals surface area (Å²) in [5.41, 5.74) is 1.32. The smallest absolute Gasteiger partial charge is 0.410 e. The molecular weight excluding hydrogens is 351 g/mol. The molecule has 7 nitrogen and oxygen atoms in total. The molecule has 2 aromatic rings. The van der Waals surface area contributed by atoms with E-state index >= 15 is 0 Å². The van der Waals surface area contributed by atoms with Crippen LogP contribution in [0, 0.1) is 5.82 Å². The van der Waals surface area contributed by atoms with Gasteiger partial charge >= 0.3 is 6.09 Å². The van der Waals surface area contributed by atoms with Gasteiger partial charge < -0.3 is 15.0 Å². The highest BCUT2D eigenvalue weighted by atomic mass is 19.1. The van der Waals surface area contributed by atoms with Gasteiger partial charge in [-0.3, -0.25) is 9.48 Å². The van der Waals surface area contributed by atoms with E-state index in [0.29, 0.717) is 19.5 Å². The number of nitrogens with one attached hydrogen (secondary N) is 1. The van der Waals surface area contributed by atoms with Gasteiger partial charge in [0.25, 0.3) is 5.91 Å². The van der Waals surface area contributed by atoms with Gasteiger partial charge in [-0.25, -0.2) is 9.18 Å². The van der Waals surface area contributed by atoms with Gasteiger partial charge in [0.05, 0.1) is 17.9 Å². The fourth-order valence-corrected chi connectivity index (χ4v) is 2.98. The van der Waals surface area contributed by atoms with Gasteiger partial charge in [0.15, 0.2) is 5.69 Å². The minimum Gasteiger partial charge on any atom is -0.444 e. The van der Waals surface area contributed by atoms with Crippen LogP contribution < -0.4 is 5.32 Å². The first-order valence-electron chi connectivity index (χ1n) is 8.74. The Kier molecular flexibility index (Phi) is 4.91. The average molecular weight is 374 g/mol. The predicted octanol–water partition coefficient (Wildman–Crippen LogP) is 3.10. The van der Waals surface area contributed by atoms with Gasteiger partial charge in [0, 0.05) is 19.2 Å². The molecule has 144 valence electrons. The number of benzene rings is 1. The molecule has 2 heterocycles. The van der Waals surface area contributed by atoms with Crippen LogP contribution in [0.3, 0.4) is 0 Å². The fourth-order valence-electron chi connectivity index (χ4n) is 2.98. The Hall–Kier alpha value is -2.90. The van der Waals surface area contributed by atoms with Crippen LogP contribution in [-0.2, 0) is 24.8 Å². The van der Waals surface area contributed by atoms with Crippen molar-refractivity contribution in [2.24, 2.45) is 7.05 Å². The SMILES string of the molecule is Cn1nc(C(=O)Nc2ccccc2F)c2c1CN(C(=O)OC(C)(C)C)CC2. The Labute approximate surface area is 157 Å². The molecule has 0 saturated carbocycles. The molecule has 1 aromatic heterocycles. The van der Waals surface area contributed by atoms with Crippen molar-refractivity contribution in [3.05, 3.63) is 47.0 Å². The lowest BCUT2D eigenvalue weighted by Crippen LogP contribution is -2.40. The zero-order valence-electron chi connectivity index (χ0n) is 15.9. The monoisotopic (exact) mass is 374 g/mol. The van der Waals surface area contributed by atoms with Crippen molar-refractivity contribution in [1.82, 2.24) is 14.7 Å². The van der Waals surface area contributed by atoms with Crippen LogP contribution in [0.2, 0.25) is 0 Å². The first kappa shape index (κ1) is 18.9. The molecule has 2 amide bonds. The van der Waals surface area contributed by atoms with Crippen molar-refractivity contribution in [3.63, 3.8) is 0 Å². The molecule has 1 N–H and O–H groups in total. The molecule has 0 bridgehead atoms. The number of hydrogen-bond donors (Lipinski definition) is 1. The molecule has 0 saturated heterocycles. The number of carbonyl (C=O) groups is 2. The molecule has 1 aliphatic rings. The number of aryl methyl sites for hydroxylation is 1. The van der Waals surface area contributed by atoms with Gasteiger partial charge in [-0.05, 0) is 39.3 Å². The first-order chi connectivity index (χ1) is 12.7. The topological polar surface area (TPSA) is 76.5 Å². The van der Waals surface area contributed by atoms with E-state index in [1.54, 1.807) is 28.8 Å². The van der Waals surface area contributed by atoms with E-state index in [2.05, 4.69) is 10.4 Å². The van der Waals surface area contributed by atoms with Crippen LogP contribution in [0.15, 0.2) is 24.3 Å². The fraction of sp³-hybridized carbons (Fsp3) is 0.421. The van der Waals surface area contributed by atoms with Crippen molar-refractivity contribution >= 4 is 17.7 Å². The summed E-state index contributed by atoms with van der Waals surface area (Å²) in [5.74, 6) is -0.977. The van der Waals surface area contributed by atoms with Gasteiger partial charge in [0.2, 0.25) is 0 Å². The Morgan fingerprint density at radius 2 is 1.96 bits per heavy atom. The third-order valence-electron chi connectivity index (χ3n) is 4.24. The summed E-state index contributed by atoms with van der Waals surface area (Å²) in [6, 6.07) is 5.97. The summed E-state index contributed by atoms with van der Waals surface area (Å²) in [5, 5.41) is 6.85. The van der Waals surface area contributed by atoms with E-state index < -0.39 is 23.4 Å². The molecule has 8 heteroatoms. The summed E-state index contributed by atoms with van der Waals surface area (Å²) in [7, 11) is 1.72. The predicted molar refractivity (Wildman–Crippen MR) is 97.9 cm³/mol. The lowest BCUT2D eigenvalue weighted by atomic mass is 10.0. The maximum atomic E-state index is 13.8. The van der Waals surface area contributed by atoms with E-state index in [0.717, 1.165) is 11.3 Å². The van der Waals surface area contributed by atoms with Gasteiger partial charge in [-0.1, -0.05) is 12.1 Å². The molecule has 1 aromatic carbocycles. The van der Waals surface area contributed by atoms with Crippen LogP contribution in [-0.4, -0.2) is 38.8 Å². The Bertz CT molecular complexity index is 886. The summed E-state index contributed by atoms with van der Waals surface area (Å²) >= 11 is 0. The van der Waals surface area contributed by atoms with Crippen molar-refractivity contribution in [1.29, 1.82) is 0 Å². The normalized spacial score (nSPS) is 13.9. The van der Waals surface area contributed by atoms with Crippen molar-refractivity contribution < 1.29 is 18.7 Å². The van der Waals surface area contributed by atoms with Crippen molar-refractivity contribution in [3.8, 4) is 0 Å². The molecule has 1 aliphatic heterocycles. The summed E-state index contributed by atoms with van der Waals surface area (Å²) < 4.78 is 20.8. The highest BCUT2D eigenvalue weighted by molar-refractivity contribution is 6.04. The zero-order valence-corrected chi connectivity index (χ0v) is 15.9. The third-order valence-corrected chi connectivity index (χ3v) is 4.24. The molecule has 0 atom stereocenters. The summed E-state index contributed by atoms with van der Waals surface area (Å²) in [6.07, 6.45) is 0.0781.